The second kappa shape index (κ2) is 8.62. The lowest BCUT2D eigenvalue weighted by Gasteiger charge is -2.29. The minimum Gasteiger partial charge on any atom is -0.431 e. The molecule has 2 unspecified atom stereocenters. The predicted octanol–water partition coefficient (Wildman–Crippen LogP) is 3.09. The minimum atomic E-state index is -3.04. The standard InChI is InChI=1S/C22H26F4N4O2/c23-19(24)11-30-16(12-6-18(32-22(25)26)21(27)28-10-12)9-17(30)20-14-7-13(8-15(14)20)29-2-1-4-31-5-3-29/h6,9-10,13-15,19-20,22,27H,1-5,7-8,11H2/p+1. The molecular weight excluding hydrogens is 428 g/mol. The first-order chi connectivity index (χ1) is 15.4. The number of anilines is 1. The van der Waals surface area contributed by atoms with Gasteiger partial charge in [-0.05, 0) is 37.2 Å². The van der Waals surface area contributed by atoms with E-state index in [1.807, 2.05) is 6.08 Å². The highest BCUT2D eigenvalue weighted by Gasteiger charge is 2.62. The van der Waals surface area contributed by atoms with Crippen LogP contribution in [0.25, 0.3) is 5.70 Å². The summed E-state index contributed by atoms with van der Waals surface area (Å²) >= 11 is 0. The molecule has 0 bridgehead atoms. The van der Waals surface area contributed by atoms with Crippen LogP contribution in [0.1, 0.15) is 24.8 Å². The highest BCUT2D eigenvalue weighted by atomic mass is 19.3. The van der Waals surface area contributed by atoms with Gasteiger partial charge in [0.05, 0.1) is 24.2 Å². The summed E-state index contributed by atoms with van der Waals surface area (Å²) in [5, 5.41) is 0. The van der Waals surface area contributed by atoms with E-state index in [-0.39, 0.29) is 17.5 Å². The van der Waals surface area contributed by atoms with Crippen molar-refractivity contribution in [2.24, 2.45) is 17.8 Å². The van der Waals surface area contributed by atoms with Crippen molar-refractivity contribution in [3.8, 4) is 5.75 Å². The zero-order valence-corrected chi connectivity index (χ0v) is 17.6. The van der Waals surface area contributed by atoms with E-state index in [0.29, 0.717) is 29.1 Å². The van der Waals surface area contributed by atoms with Crippen molar-refractivity contribution in [3.63, 3.8) is 0 Å². The largest absolute Gasteiger partial charge is 0.431 e. The molecule has 1 aromatic heterocycles. The Kier molecular flexibility index (Phi) is 5.83. The maximum Gasteiger partial charge on any atom is 0.387 e. The number of alkyl halides is 4. The number of pyridine rings is 1. The number of allylic oxidation sites excluding steroid dienone is 1. The number of rotatable bonds is 7. The van der Waals surface area contributed by atoms with Crippen LogP contribution in [0.5, 0.6) is 5.75 Å². The molecule has 32 heavy (non-hydrogen) atoms. The Labute approximate surface area is 183 Å². The van der Waals surface area contributed by atoms with Gasteiger partial charge in [-0.2, -0.15) is 13.4 Å². The molecule has 6 nitrogen and oxygen atoms in total. The molecule has 2 aliphatic carbocycles. The zero-order valence-electron chi connectivity index (χ0n) is 17.6. The fraction of sp³-hybridized carbons (Fsp3) is 0.636. The van der Waals surface area contributed by atoms with E-state index in [1.165, 1.54) is 12.3 Å². The molecule has 10 heteroatoms. The number of fused-ring (bicyclic) bond motifs is 1. The Balaban J connectivity index is 1.30. The van der Waals surface area contributed by atoms with E-state index in [9.17, 15) is 17.6 Å². The lowest BCUT2D eigenvalue weighted by atomic mass is 9.96. The molecule has 4 aliphatic rings. The number of nitrogens with zero attached hydrogens (tertiary/aromatic N) is 3. The maximum absolute atomic E-state index is 13.3. The van der Waals surface area contributed by atoms with Crippen molar-refractivity contribution in [2.75, 3.05) is 38.6 Å². The van der Waals surface area contributed by atoms with Crippen molar-refractivity contribution in [1.82, 2.24) is 9.88 Å². The number of aromatic nitrogens is 1. The Bertz CT molecular complexity index is 919. The maximum atomic E-state index is 13.3. The van der Waals surface area contributed by atoms with Crippen LogP contribution >= 0.6 is 0 Å². The van der Waals surface area contributed by atoms with Gasteiger partial charge in [0.15, 0.2) is 17.3 Å². The normalized spacial score (nSPS) is 30.2. The Morgan fingerprint density at radius 3 is 2.69 bits per heavy atom. The van der Waals surface area contributed by atoms with Gasteiger partial charge in [0.1, 0.15) is 0 Å². The summed E-state index contributed by atoms with van der Waals surface area (Å²) in [5.41, 5.74) is 7.50. The molecule has 3 fully saturated rings. The molecule has 0 amide bonds. The lowest BCUT2D eigenvalue weighted by molar-refractivity contribution is -0.458. The van der Waals surface area contributed by atoms with Crippen molar-refractivity contribution < 1.29 is 31.6 Å². The predicted molar refractivity (Wildman–Crippen MR) is 110 cm³/mol. The topological polar surface area (TPSA) is 63.6 Å². The van der Waals surface area contributed by atoms with E-state index >= 15 is 0 Å². The summed E-state index contributed by atoms with van der Waals surface area (Å²) in [6, 6.07) is 1.88. The zero-order chi connectivity index (χ0) is 22.4. The van der Waals surface area contributed by atoms with E-state index in [1.54, 1.807) is 4.58 Å². The molecule has 174 valence electrons. The molecular formula is C22H27F4N4O2+. The van der Waals surface area contributed by atoms with Crippen LogP contribution in [0, 0.1) is 17.8 Å². The van der Waals surface area contributed by atoms with E-state index in [4.69, 9.17) is 10.5 Å². The first kappa shape index (κ1) is 21.6. The quantitative estimate of drug-likeness (QED) is 0.506. The van der Waals surface area contributed by atoms with Crippen LogP contribution in [-0.4, -0.2) is 72.1 Å². The first-order valence-electron chi connectivity index (χ1n) is 11.1. The summed E-state index contributed by atoms with van der Waals surface area (Å²) in [6.45, 7) is 0.128. The SMILES string of the molecule is Nc1ncc(C2=CC(C3C4CC(N5CCCOCC5)CC43)=[N+]2CC(F)F)cc1OC(F)F. The average molecular weight is 455 g/mol. The Morgan fingerprint density at radius 2 is 1.97 bits per heavy atom. The monoisotopic (exact) mass is 455 g/mol. The first-order valence-corrected chi connectivity index (χ1v) is 11.1. The third-order valence-electron chi connectivity index (χ3n) is 7.14. The van der Waals surface area contributed by atoms with Crippen LogP contribution in [0.2, 0.25) is 0 Å². The third-order valence-corrected chi connectivity index (χ3v) is 7.14. The van der Waals surface area contributed by atoms with E-state index in [0.717, 1.165) is 51.3 Å². The second-order valence-corrected chi connectivity index (χ2v) is 8.92. The molecule has 2 atom stereocenters. The van der Waals surface area contributed by atoms with Gasteiger partial charge in [0.2, 0.25) is 12.2 Å². The fourth-order valence-corrected chi connectivity index (χ4v) is 5.69. The van der Waals surface area contributed by atoms with Crippen molar-refractivity contribution in [1.29, 1.82) is 0 Å². The molecule has 5 rings (SSSR count). The molecule has 2 aliphatic heterocycles. The van der Waals surface area contributed by atoms with Crippen LogP contribution in [0.3, 0.4) is 0 Å². The Morgan fingerprint density at radius 1 is 1.19 bits per heavy atom. The van der Waals surface area contributed by atoms with Crippen LogP contribution < -0.4 is 10.5 Å². The molecule has 0 spiro atoms. The minimum absolute atomic E-state index is 0.166. The highest BCUT2D eigenvalue weighted by Crippen LogP contribution is 2.60. The van der Waals surface area contributed by atoms with Gasteiger partial charge in [-0.3, -0.25) is 4.90 Å². The molecule has 1 saturated heterocycles. The van der Waals surface area contributed by atoms with Gasteiger partial charge in [0, 0.05) is 31.9 Å². The summed E-state index contributed by atoms with van der Waals surface area (Å²) in [6.07, 6.45) is 3.99. The highest BCUT2D eigenvalue weighted by molar-refractivity contribution is 6.06. The van der Waals surface area contributed by atoms with Gasteiger partial charge >= 0.3 is 6.61 Å². The van der Waals surface area contributed by atoms with Crippen molar-refractivity contribution in [3.05, 3.63) is 23.9 Å². The van der Waals surface area contributed by atoms with E-state index < -0.39 is 19.6 Å². The van der Waals surface area contributed by atoms with Crippen molar-refractivity contribution >= 4 is 17.2 Å². The number of hydrogen-bond acceptors (Lipinski definition) is 5. The van der Waals surface area contributed by atoms with Gasteiger partial charge in [0.25, 0.3) is 6.43 Å². The number of nitrogen functional groups attached to an aromatic ring is 1. The smallest absolute Gasteiger partial charge is 0.387 e. The number of ether oxygens (including phenoxy) is 2. The number of nitrogens with two attached hydrogens (primary N) is 1. The molecule has 2 saturated carbocycles. The van der Waals surface area contributed by atoms with Gasteiger partial charge in [-0.25, -0.2) is 13.8 Å². The number of hydrogen-bond donors (Lipinski definition) is 1. The van der Waals surface area contributed by atoms with Gasteiger partial charge < -0.3 is 15.2 Å². The fourth-order valence-electron chi connectivity index (χ4n) is 5.69. The Hall–Kier alpha value is -2.20. The van der Waals surface area contributed by atoms with Crippen LogP contribution in [0.4, 0.5) is 23.4 Å². The second-order valence-electron chi connectivity index (χ2n) is 8.92. The van der Waals surface area contributed by atoms with Crippen molar-refractivity contribution in [2.45, 2.75) is 38.3 Å². The summed E-state index contributed by atoms with van der Waals surface area (Å²) in [5.74, 6) is 0.894. The van der Waals surface area contributed by atoms with E-state index in [2.05, 4.69) is 14.6 Å². The van der Waals surface area contributed by atoms with Crippen LogP contribution in [-0.2, 0) is 4.74 Å². The molecule has 2 N–H and O–H groups in total. The molecule has 0 radical (unpaired) electrons. The molecule has 1 aromatic rings. The van der Waals surface area contributed by atoms with Gasteiger partial charge in [-0.1, -0.05) is 0 Å². The number of halogens is 4. The summed E-state index contributed by atoms with van der Waals surface area (Å²) in [4.78, 5) is 6.42. The molecule has 0 aromatic carbocycles. The summed E-state index contributed by atoms with van der Waals surface area (Å²) in [7, 11) is 0. The summed E-state index contributed by atoms with van der Waals surface area (Å²) < 4.78 is 63.5. The third kappa shape index (κ3) is 4.10. The van der Waals surface area contributed by atoms with Gasteiger partial charge in [-0.15, -0.1) is 0 Å². The molecule has 3 heterocycles. The lowest BCUT2D eigenvalue weighted by Crippen LogP contribution is -2.38. The average Bonchev–Trinajstić information content (AvgIpc) is 3.32. The van der Waals surface area contributed by atoms with Crippen LogP contribution in [0.15, 0.2) is 18.3 Å².